The molecule has 0 saturated carbocycles. The van der Waals surface area contributed by atoms with Gasteiger partial charge in [-0.3, -0.25) is 4.90 Å². The van der Waals surface area contributed by atoms with Gasteiger partial charge < -0.3 is 4.90 Å². The molecular formula is C16H18BrN3OS. The molecule has 0 spiro atoms. The molecule has 1 aliphatic heterocycles. The number of benzene rings is 1. The Morgan fingerprint density at radius 3 is 2.86 bits per heavy atom. The van der Waals surface area contributed by atoms with E-state index < -0.39 is 0 Å². The molecule has 116 valence electrons. The van der Waals surface area contributed by atoms with E-state index in [1.807, 2.05) is 29.3 Å². The first-order valence-corrected chi connectivity index (χ1v) is 8.99. The largest absolute Gasteiger partial charge is 0.326 e. The number of rotatable bonds is 3. The number of nitrogens with zero attached hydrogens (tertiary/aromatic N) is 3. The molecule has 2 amide bonds. The maximum absolute atomic E-state index is 12.8. The van der Waals surface area contributed by atoms with E-state index in [4.69, 9.17) is 0 Å². The van der Waals surface area contributed by atoms with Gasteiger partial charge in [-0.25, -0.2) is 9.78 Å². The molecule has 1 aromatic heterocycles. The fourth-order valence-corrected chi connectivity index (χ4v) is 3.93. The molecule has 2 aromatic rings. The molecule has 22 heavy (non-hydrogen) atoms. The molecule has 0 N–H and O–H groups in total. The predicted molar refractivity (Wildman–Crippen MR) is 93.5 cm³/mol. The van der Waals surface area contributed by atoms with Crippen LogP contribution in [0.2, 0.25) is 0 Å². The zero-order chi connectivity index (χ0) is 15.7. The summed E-state index contributed by atoms with van der Waals surface area (Å²) in [6.07, 6.45) is 0.961. The van der Waals surface area contributed by atoms with Crippen LogP contribution in [0.25, 0.3) is 0 Å². The lowest BCUT2D eigenvalue weighted by Crippen LogP contribution is -2.50. The molecule has 2 heterocycles. The van der Waals surface area contributed by atoms with Crippen molar-refractivity contribution in [1.82, 2.24) is 9.88 Å². The molecule has 0 bridgehead atoms. The Bertz CT molecular complexity index is 688. The van der Waals surface area contributed by atoms with Crippen LogP contribution in [0.5, 0.6) is 0 Å². The van der Waals surface area contributed by atoms with Gasteiger partial charge in [0.25, 0.3) is 0 Å². The van der Waals surface area contributed by atoms with Crippen LogP contribution >= 0.6 is 27.3 Å². The Kier molecular flexibility index (Phi) is 4.49. The highest BCUT2D eigenvalue weighted by Gasteiger charge is 2.31. The van der Waals surface area contributed by atoms with E-state index in [0.717, 1.165) is 40.4 Å². The van der Waals surface area contributed by atoms with Crippen molar-refractivity contribution < 1.29 is 4.79 Å². The summed E-state index contributed by atoms with van der Waals surface area (Å²) >= 11 is 5.03. The van der Waals surface area contributed by atoms with Gasteiger partial charge >= 0.3 is 6.03 Å². The van der Waals surface area contributed by atoms with Crippen molar-refractivity contribution >= 4 is 38.4 Å². The van der Waals surface area contributed by atoms with Crippen LogP contribution in [0.1, 0.15) is 30.6 Å². The first kappa shape index (κ1) is 15.5. The van der Waals surface area contributed by atoms with Crippen molar-refractivity contribution in [2.24, 2.45) is 0 Å². The highest BCUT2D eigenvalue weighted by molar-refractivity contribution is 9.10. The van der Waals surface area contributed by atoms with Crippen molar-refractivity contribution in [2.75, 3.05) is 18.0 Å². The molecule has 0 radical (unpaired) electrons. The smallest absolute Gasteiger partial charge is 0.317 e. The third kappa shape index (κ3) is 3.03. The number of aryl methyl sites for hydroxylation is 1. The van der Waals surface area contributed by atoms with Crippen LogP contribution in [0.3, 0.4) is 0 Å². The number of halogens is 1. The SMILES string of the molecule is Cc1csc(N2CCCN(C(C)c3cccc(Br)c3)C2=O)n1. The number of thiazole rings is 1. The predicted octanol–water partition coefficient (Wildman–Crippen LogP) is 4.61. The molecule has 1 atom stereocenters. The molecule has 0 aliphatic carbocycles. The van der Waals surface area contributed by atoms with Crippen LogP contribution in [0.4, 0.5) is 9.93 Å². The second-order valence-electron chi connectivity index (χ2n) is 5.48. The number of aromatic nitrogens is 1. The van der Waals surface area contributed by atoms with Gasteiger partial charge in [0.05, 0.1) is 11.7 Å². The van der Waals surface area contributed by atoms with Gasteiger partial charge in [-0.05, 0) is 38.0 Å². The van der Waals surface area contributed by atoms with Gasteiger partial charge in [0, 0.05) is 22.9 Å². The fourth-order valence-electron chi connectivity index (χ4n) is 2.69. The minimum absolute atomic E-state index is 0.0491. The quantitative estimate of drug-likeness (QED) is 0.780. The lowest BCUT2D eigenvalue weighted by molar-refractivity contribution is 0.175. The molecular weight excluding hydrogens is 362 g/mol. The number of hydrogen-bond donors (Lipinski definition) is 0. The van der Waals surface area contributed by atoms with Crippen LogP contribution < -0.4 is 4.90 Å². The van der Waals surface area contributed by atoms with E-state index >= 15 is 0 Å². The Labute approximate surface area is 142 Å². The molecule has 1 aromatic carbocycles. The highest BCUT2D eigenvalue weighted by Crippen LogP contribution is 2.30. The summed E-state index contributed by atoms with van der Waals surface area (Å²) in [7, 11) is 0. The lowest BCUT2D eigenvalue weighted by Gasteiger charge is -2.38. The number of carbonyl (C=O) groups is 1. The summed E-state index contributed by atoms with van der Waals surface area (Å²) < 4.78 is 1.04. The topological polar surface area (TPSA) is 36.4 Å². The molecule has 1 aliphatic rings. The normalized spacial score (nSPS) is 17.0. The Hall–Kier alpha value is -1.40. The van der Waals surface area contributed by atoms with E-state index in [0.29, 0.717) is 0 Å². The van der Waals surface area contributed by atoms with Crippen LogP contribution in [-0.2, 0) is 0 Å². The monoisotopic (exact) mass is 379 g/mol. The summed E-state index contributed by atoms with van der Waals surface area (Å²) in [6, 6.07) is 8.24. The third-order valence-electron chi connectivity index (χ3n) is 3.89. The van der Waals surface area contributed by atoms with E-state index in [-0.39, 0.29) is 12.1 Å². The average Bonchev–Trinajstić information content (AvgIpc) is 2.93. The Morgan fingerprint density at radius 2 is 2.18 bits per heavy atom. The van der Waals surface area contributed by atoms with Crippen molar-refractivity contribution in [1.29, 1.82) is 0 Å². The second-order valence-corrected chi connectivity index (χ2v) is 7.24. The number of anilines is 1. The number of hydrogen-bond acceptors (Lipinski definition) is 3. The van der Waals surface area contributed by atoms with Gasteiger partial charge in [-0.15, -0.1) is 11.3 Å². The second kappa shape index (κ2) is 6.38. The first-order chi connectivity index (χ1) is 10.6. The van der Waals surface area contributed by atoms with E-state index in [9.17, 15) is 4.79 Å². The summed E-state index contributed by atoms with van der Waals surface area (Å²) in [6.45, 7) is 5.56. The molecule has 1 unspecified atom stereocenters. The number of amides is 2. The van der Waals surface area contributed by atoms with Gasteiger partial charge in [0.15, 0.2) is 5.13 Å². The van der Waals surface area contributed by atoms with Crippen LogP contribution in [0, 0.1) is 6.92 Å². The lowest BCUT2D eigenvalue weighted by atomic mass is 10.1. The Morgan fingerprint density at radius 1 is 1.36 bits per heavy atom. The van der Waals surface area contributed by atoms with E-state index in [1.165, 1.54) is 11.3 Å². The molecule has 4 nitrogen and oxygen atoms in total. The fraction of sp³-hybridized carbons (Fsp3) is 0.375. The molecule has 6 heteroatoms. The minimum Gasteiger partial charge on any atom is -0.317 e. The average molecular weight is 380 g/mol. The molecule has 3 rings (SSSR count). The van der Waals surface area contributed by atoms with Crippen LogP contribution in [0.15, 0.2) is 34.1 Å². The van der Waals surface area contributed by atoms with Crippen molar-refractivity contribution in [3.05, 3.63) is 45.4 Å². The van der Waals surface area contributed by atoms with E-state index in [2.05, 4.69) is 40.0 Å². The van der Waals surface area contributed by atoms with Crippen molar-refractivity contribution in [3.63, 3.8) is 0 Å². The summed E-state index contributed by atoms with van der Waals surface area (Å²) in [5.41, 5.74) is 2.10. The number of urea groups is 1. The maximum atomic E-state index is 12.8. The van der Waals surface area contributed by atoms with Crippen molar-refractivity contribution in [3.8, 4) is 0 Å². The van der Waals surface area contributed by atoms with Crippen molar-refractivity contribution in [2.45, 2.75) is 26.3 Å². The highest BCUT2D eigenvalue weighted by atomic mass is 79.9. The van der Waals surface area contributed by atoms with E-state index in [1.54, 1.807) is 4.90 Å². The van der Waals surface area contributed by atoms with Gasteiger partial charge in [0.1, 0.15) is 0 Å². The summed E-state index contributed by atoms with van der Waals surface area (Å²) in [5.74, 6) is 0. The first-order valence-electron chi connectivity index (χ1n) is 7.32. The summed E-state index contributed by atoms with van der Waals surface area (Å²) in [4.78, 5) is 21.0. The van der Waals surface area contributed by atoms with Crippen LogP contribution in [-0.4, -0.2) is 29.0 Å². The third-order valence-corrected chi connectivity index (χ3v) is 5.37. The minimum atomic E-state index is 0.0491. The van der Waals surface area contributed by atoms with Gasteiger partial charge in [-0.2, -0.15) is 0 Å². The number of carbonyl (C=O) groups excluding carboxylic acids is 1. The Balaban J connectivity index is 1.83. The maximum Gasteiger partial charge on any atom is 0.326 e. The standard InChI is InChI=1S/C16H18BrN3OS/c1-11-10-22-15(18-11)20-8-4-7-19(16(20)21)12(2)13-5-3-6-14(17)9-13/h3,5-6,9-10,12H,4,7-8H2,1-2H3. The zero-order valence-corrected chi connectivity index (χ0v) is 15.0. The molecule has 1 saturated heterocycles. The van der Waals surface area contributed by atoms with Gasteiger partial charge in [0.2, 0.25) is 0 Å². The molecule has 1 fully saturated rings. The van der Waals surface area contributed by atoms with Gasteiger partial charge in [-0.1, -0.05) is 28.1 Å². The zero-order valence-electron chi connectivity index (χ0n) is 12.6. The summed E-state index contributed by atoms with van der Waals surface area (Å²) in [5, 5.41) is 2.79.